The topological polar surface area (TPSA) is 61.2 Å². The summed E-state index contributed by atoms with van der Waals surface area (Å²) in [6, 6.07) is 14.6. The normalized spacial score (nSPS) is 14.3. The van der Waals surface area contributed by atoms with Crippen LogP contribution in [-0.4, -0.2) is 24.7 Å². The molecule has 1 aromatic carbocycles. The summed E-state index contributed by atoms with van der Waals surface area (Å²) in [5.74, 6) is 1.97. The van der Waals surface area contributed by atoms with E-state index in [1.165, 1.54) is 36.8 Å². The van der Waals surface area contributed by atoms with Gasteiger partial charge in [0.15, 0.2) is 0 Å². The summed E-state index contributed by atoms with van der Waals surface area (Å²) in [7, 11) is 0. The number of aromatic nitrogens is 1. The monoisotopic (exact) mass is 378 g/mol. The van der Waals surface area contributed by atoms with E-state index < -0.39 is 0 Å². The molecule has 2 aromatic rings. The zero-order valence-corrected chi connectivity index (χ0v) is 16.6. The highest BCUT2D eigenvalue weighted by atomic mass is 16.5. The van der Waals surface area contributed by atoms with Gasteiger partial charge in [-0.15, -0.1) is 0 Å². The average molecular weight is 379 g/mol. The van der Waals surface area contributed by atoms with Gasteiger partial charge in [0.25, 0.3) is 0 Å². The molecular formula is C23H30N4O. The Kier molecular flexibility index (Phi) is 8.14. The Morgan fingerprint density at radius 3 is 2.61 bits per heavy atom. The second-order valence-electron chi connectivity index (χ2n) is 7.29. The first-order valence-electron chi connectivity index (χ1n) is 10.3. The maximum absolute atomic E-state index is 8.57. The van der Waals surface area contributed by atoms with Gasteiger partial charge in [-0.05, 0) is 48.6 Å². The van der Waals surface area contributed by atoms with Crippen LogP contribution in [0.25, 0.3) is 0 Å². The Hall–Kier alpha value is -2.58. The zero-order chi connectivity index (χ0) is 19.4. The van der Waals surface area contributed by atoms with Crippen LogP contribution in [0.15, 0.2) is 42.6 Å². The molecule has 1 saturated heterocycles. The molecule has 1 aromatic heterocycles. The zero-order valence-electron chi connectivity index (χ0n) is 16.6. The molecular weight excluding hydrogens is 348 g/mol. The van der Waals surface area contributed by atoms with Crippen LogP contribution < -0.4 is 15.0 Å². The van der Waals surface area contributed by atoms with Gasteiger partial charge < -0.3 is 15.0 Å². The second-order valence-corrected chi connectivity index (χ2v) is 7.29. The average Bonchev–Trinajstić information content (AvgIpc) is 3.02. The number of pyridine rings is 1. The fourth-order valence-corrected chi connectivity index (χ4v) is 3.45. The van der Waals surface area contributed by atoms with Crippen molar-refractivity contribution in [1.82, 2.24) is 10.3 Å². The molecule has 1 aliphatic heterocycles. The number of anilines is 1. The third-order valence-electron chi connectivity index (χ3n) is 5.00. The Balaban J connectivity index is 1.44. The van der Waals surface area contributed by atoms with Gasteiger partial charge in [-0.25, -0.2) is 4.98 Å². The minimum absolute atomic E-state index is 0.534. The van der Waals surface area contributed by atoms with E-state index in [0.29, 0.717) is 13.0 Å². The molecule has 1 fully saturated rings. The molecule has 0 unspecified atom stereocenters. The predicted molar refractivity (Wildman–Crippen MR) is 112 cm³/mol. The van der Waals surface area contributed by atoms with Crippen LogP contribution >= 0.6 is 0 Å². The van der Waals surface area contributed by atoms with Crippen molar-refractivity contribution in [2.75, 3.05) is 24.6 Å². The molecule has 0 atom stereocenters. The predicted octanol–water partition coefficient (Wildman–Crippen LogP) is 4.43. The molecule has 3 rings (SSSR count). The maximum atomic E-state index is 8.57. The quantitative estimate of drug-likeness (QED) is 0.654. The Labute approximate surface area is 168 Å². The minimum atomic E-state index is 0.534. The van der Waals surface area contributed by atoms with E-state index in [0.717, 1.165) is 44.2 Å². The van der Waals surface area contributed by atoms with E-state index >= 15 is 0 Å². The SMILES string of the molecule is N#CCCCOc1cccc(CNCc2ccc(N3CCCCCC3)nc2)c1. The molecule has 148 valence electrons. The van der Waals surface area contributed by atoms with Crippen molar-refractivity contribution >= 4 is 5.82 Å². The fraction of sp³-hybridized carbons (Fsp3) is 0.478. The van der Waals surface area contributed by atoms with E-state index in [-0.39, 0.29) is 0 Å². The number of hydrogen-bond donors (Lipinski definition) is 1. The molecule has 0 radical (unpaired) electrons. The van der Waals surface area contributed by atoms with E-state index in [1.807, 2.05) is 18.3 Å². The van der Waals surface area contributed by atoms with Crippen LogP contribution in [0.5, 0.6) is 5.75 Å². The lowest BCUT2D eigenvalue weighted by Gasteiger charge is -2.21. The van der Waals surface area contributed by atoms with Crippen LogP contribution in [0.1, 0.15) is 49.7 Å². The summed E-state index contributed by atoms with van der Waals surface area (Å²) in [5, 5.41) is 12.0. The molecule has 0 saturated carbocycles. The van der Waals surface area contributed by atoms with Crippen LogP contribution in [0.3, 0.4) is 0 Å². The van der Waals surface area contributed by atoms with E-state index in [1.54, 1.807) is 0 Å². The van der Waals surface area contributed by atoms with Gasteiger partial charge in [0, 0.05) is 38.8 Å². The summed E-state index contributed by atoms with van der Waals surface area (Å²) < 4.78 is 5.70. The Bertz CT molecular complexity index is 746. The van der Waals surface area contributed by atoms with Gasteiger partial charge >= 0.3 is 0 Å². The van der Waals surface area contributed by atoms with Crippen molar-refractivity contribution < 1.29 is 4.74 Å². The highest BCUT2D eigenvalue weighted by Crippen LogP contribution is 2.18. The van der Waals surface area contributed by atoms with Crippen molar-refractivity contribution in [2.45, 2.75) is 51.6 Å². The van der Waals surface area contributed by atoms with E-state index in [9.17, 15) is 0 Å². The van der Waals surface area contributed by atoms with Crippen molar-refractivity contribution in [3.63, 3.8) is 0 Å². The molecule has 0 aliphatic carbocycles. The van der Waals surface area contributed by atoms with Crippen LogP contribution in [0, 0.1) is 11.3 Å². The number of benzene rings is 1. The number of rotatable bonds is 9. The van der Waals surface area contributed by atoms with Crippen molar-refractivity contribution in [3.05, 3.63) is 53.7 Å². The lowest BCUT2D eigenvalue weighted by molar-refractivity contribution is 0.312. The number of nitrogens with zero attached hydrogens (tertiary/aromatic N) is 3. The van der Waals surface area contributed by atoms with Crippen LogP contribution in [0.4, 0.5) is 5.82 Å². The molecule has 2 heterocycles. The first kappa shape index (κ1) is 20.2. The Morgan fingerprint density at radius 1 is 1.04 bits per heavy atom. The molecule has 1 aliphatic rings. The molecule has 5 heteroatoms. The number of unbranched alkanes of at least 4 members (excludes halogenated alkanes) is 1. The summed E-state index contributed by atoms with van der Waals surface area (Å²) in [6.07, 6.45) is 8.50. The van der Waals surface area contributed by atoms with Gasteiger partial charge in [-0.2, -0.15) is 5.26 Å². The molecule has 1 N–H and O–H groups in total. The van der Waals surface area contributed by atoms with Crippen LogP contribution in [-0.2, 0) is 13.1 Å². The molecule has 0 bridgehead atoms. The van der Waals surface area contributed by atoms with Gasteiger partial charge in [-0.3, -0.25) is 0 Å². The lowest BCUT2D eigenvalue weighted by Crippen LogP contribution is -2.24. The number of nitrogens with one attached hydrogen (secondary N) is 1. The standard InChI is InChI=1S/C23H30N4O/c24-12-3-6-15-28-22-9-7-8-20(16-22)17-25-18-21-10-11-23(26-19-21)27-13-4-1-2-5-14-27/h7-11,16,19,25H,1-6,13-15,17-18H2. The number of ether oxygens (including phenoxy) is 1. The summed E-state index contributed by atoms with van der Waals surface area (Å²) >= 11 is 0. The third-order valence-corrected chi connectivity index (χ3v) is 5.00. The molecule has 5 nitrogen and oxygen atoms in total. The second kappa shape index (κ2) is 11.3. The smallest absolute Gasteiger partial charge is 0.128 e. The lowest BCUT2D eigenvalue weighted by atomic mass is 10.2. The Morgan fingerprint density at radius 2 is 1.86 bits per heavy atom. The summed E-state index contributed by atoms with van der Waals surface area (Å²) in [5.41, 5.74) is 2.38. The summed E-state index contributed by atoms with van der Waals surface area (Å²) in [6.45, 7) is 4.41. The van der Waals surface area contributed by atoms with Crippen molar-refractivity contribution in [3.8, 4) is 11.8 Å². The first-order valence-corrected chi connectivity index (χ1v) is 10.3. The third kappa shape index (κ3) is 6.54. The summed E-state index contributed by atoms with van der Waals surface area (Å²) in [4.78, 5) is 7.08. The molecule has 28 heavy (non-hydrogen) atoms. The van der Waals surface area contributed by atoms with Crippen molar-refractivity contribution in [2.24, 2.45) is 0 Å². The van der Waals surface area contributed by atoms with Gasteiger partial charge in [0.2, 0.25) is 0 Å². The van der Waals surface area contributed by atoms with Gasteiger partial charge in [-0.1, -0.05) is 31.0 Å². The number of hydrogen-bond acceptors (Lipinski definition) is 5. The van der Waals surface area contributed by atoms with Crippen LogP contribution in [0.2, 0.25) is 0 Å². The van der Waals surface area contributed by atoms with Gasteiger partial charge in [0.1, 0.15) is 11.6 Å². The molecule has 0 amide bonds. The largest absolute Gasteiger partial charge is 0.494 e. The first-order chi connectivity index (χ1) is 13.8. The highest BCUT2D eigenvalue weighted by Gasteiger charge is 2.10. The highest BCUT2D eigenvalue weighted by molar-refractivity contribution is 5.39. The minimum Gasteiger partial charge on any atom is -0.494 e. The molecule has 0 spiro atoms. The number of nitriles is 1. The van der Waals surface area contributed by atoms with E-state index in [4.69, 9.17) is 10.00 Å². The van der Waals surface area contributed by atoms with E-state index in [2.05, 4.69) is 45.5 Å². The maximum Gasteiger partial charge on any atom is 0.128 e. The van der Waals surface area contributed by atoms with Crippen molar-refractivity contribution in [1.29, 1.82) is 5.26 Å². The fourth-order valence-electron chi connectivity index (χ4n) is 3.45. The van der Waals surface area contributed by atoms with Gasteiger partial charge in [0.05, 0.1) is 12.7 Å².